The summed E-state index contributed by atoms with van der Waals surface area (Å²) in [5.74, 6) is -0.561. The van der Waals surface area contributed by atoms with Gasteiger partial charge in [0.05, 0.1) is 6.54 Å². The number of hydrogen-bond acceptors (Lipinski definition) is 2. The van der Waals surface area contributed by atoms with E-state index in [-0.39, 0.29) is 18.3 Å². The van der Waals surface area contributed by atoms with Gasteiger partial charge in [0, 0.05) is 5.56 Å². The highest BCUT2D eigenvalue weighted by molar-refractivity contribution is 5.94. The van der Waals surface area contributed by atoms with Gasteiger partial charge in [0.2, 0.25) is 0 Å². The number of fused-ring (bicyclic) bond motifs is 1. The number of halogens is 1. The number of amides is 1. The Morgan fingerprint density at radius 2 is 1.87 bits per heavy atom. The molecular weight excluding hydrogens is 293 g/mol. The van der Waals surface area contributed by atoms with Gasteiger partial charge in [0.1, 0.15) is 11.4 Å². The monoisotopic (exact) mass is 313 g/mol. The number of hydrogen-bond donors (Lipinski definition) is 2. The first-order valence-corrected chi connectivity index (χ1v) is 7.84. The molecule has 0 saturated carbocycles. The van der Waals surface area contributed by atoms with Gasteiger partial charge < -0.3 is 10.4 Å². The van der Waals surface area contributed by atoms with Crippen LogP contribution in [0.2, 0.25) is 0 Å². The van der Waals surface area contributed by atoms with E-state index in [1.807, 2.05) is 18.2 Å². The minimum atomic E-state index is -1.25. The Balaban J connectivity index is 1.67. The number of rotatable bonds is 4. The van der Waals surface area contributed by atoms with Gasteiger partial charge in [-0.05, 0) is 67.1 Å². The van der Waals surface area contributed by atoms with Crippen LogP contribution in [0, 0.1) is 5.82 Å². The molecule has 0 saturated heterocycles. The van der Waals surface area contributed by atoms with Crippen LogP contribution in [-0.2, 0) is 18.4 Å². The Hall–Kier alpha value is -2.20. The molecule has 2 aromatic rings. The van der Waals surface area contributed by atoms with Crippen molar-refractivity contribution in [2.24, 2.45) is 0 Å². The molecule has 120 valence electrons. The number of nitrogens with one attached hydrogen (secondary N) is 1. The van der Waals surface area contributed by atoms with Crippen molar-refractivity contribution in [3.63, 3.8) is 0 Å². The topological polar surface area (TPSA) is 49.3 Å². The minimum absolute atomic E-state index is 0.0640. The van der Waals surface area contributed by atoms with Crippen LogP contribution in [0.4, 0.5) is 4.39 Å². The smallest absolute Gasteiger partial charge is 0.251 e. The first kappa shape index (κ1) is 15.7. The van der Waals surface area contributed by atoms with Gasteiger partial charge in [-0.15, -0.1) is 0 Å². The van der Waals surface area contributed by atoms with Crippen molar-refractivity contribution in [3.05, 3.63) is 70.5 Å². The molecule has 1 aliphatic carbocycles. The number of carbonyl (C=O) groups excluding carboxylic acids is 1. The van der Waals surface area contributed by atoms with Crippen molar-refractivity contribution in [3.8, 4) is 0 Å². The second-order valence-electron chi connectivity index (χ2n) is 6.30. The molecule has 0 aromatic heterocycles. The lowest BCUT2D eigenvalue weighted by molar-refractivity contribution is 0.0526. The molecule has 1 unspecified atom stereocenters. The molecule has 3 rings (SSSR count). The first-order valence-electron chi connectivity index (χ1n) is 7.84. The number of carbonyl (C=O) groups is 1. The second-order valence-corrected chi connectivity index (χ2v) is 6.30. The number of benzene rings is 2. The molecule has 2 N–H and O–H groups in total. The summed E-state index contributed by atoms with van der Waals surface area (Å²) in [4.78, 5) is 12.3. The molecule has 23 heavy (non-hydrogen) atoms. The molecule has 0 heterocycles. The molecule has 0 bridgehead atoms. The third-order valence-electron chi connectivity index (χ3n) is 4.42. The highest BCUT2D eigenvalue weighted by Crippen LogP contribution is 2.23. The Kier molecular flexibility index (Phi) is 4.18. The lowest BCUT2D eigenvalue weighted by Gasteiger charge is -2.24. The van der Waals surface area contributed by atoms with Gasteiger partial charge >= 0.3 is 0 Å². The molecule has 0 radical (unpaired) electrons. The van der Waals surface area contributed by atoms with Gasteiger partial charge in [-0.2, -0.15) is 0 Å². The van der Waals surface area contributed by atoms with Crippen LogP contribution < -0.4 is 5.32 Å². The summed E-state index contributed by atoms with van der Waals surface area (Å²) in [6.07, 6.45) is 3.24. The highest BCUT2D eigenvalue weighted by atomic mass is 19.1. The van der Waals surface area contributed by atoms with Crippen molar-refractivity contribution in [1.29, 1.82) is 0 Å². The molecule has 1 amide bonds. The maximum Gasteiger partial charge on any atom is 0.251 e. The van der Waals surface area contributed by atoms with E-state index in [1.54, 1.807) is 6.92 Å². The summed E-state index contributed by atoms with van der Waals surface area (Å²) < 4.78 is 13.0. The predicted molar refractivity (Wildman–Crippen MR) is 86.8 cm³/mol. The average Bonchev–Trinajstić information content (AvgIpc) is 3.00. The van der Waals surface area contributed by atoms with E-state index in [2.05, 4.69) is 5.32 Å². The molecule has 2 aromatic carbocycles. The molecule has 0 fully saturated rings. The quantitative estimate of drug-likeness (QED) is 0.912. The SMILES string of the molecule is CC(O)(CNC(=O)c1ccc2c(c1)CCC2)c1ccc(F)cc1. The molecular formula is C19H20FNO2. The van der Waals surface area contributed by atoms with E-state index in [9.17, 15) is 14.3 Å². The van der Waals surface area contributed by atoms with Crippen LogP contribution in [0.25, 0.3) is 0 Å². The summed E-state index contributed by atoms with van der Waals surface area (Å²) in [6.45, 7) is 1.66. The van der Waals surface area contributed by atoms with E-state index < -0.39 is 5.60 Å². The summed E-state index contributed by atoms with van der Waals surface area (Å²) >= 11 is 0. The fourth-order valence-electron chi connectivity index (χ4n) is 2.98. The zero-order chi connectivity index (χ0) is 16.4. The molecule has 3 nitrogen and oxygen atoms in total. The minimum Gasteiger partial charge on any atom is -0.384 e. The standard InChI is InChI=1S/C19H20FNO2/c1-19(23,16-7-9-17(20)10-8-16)12-21-18(22)15-6-5-13-3-2-4-14(13)11-15/h5-11,23H,2-4,12H2,1H3,(H,21,22). The van der Waals surface area contributed by atoms with Crippen molar-refractivity contribution in [1.82, 2.24) is 5.32 Å². The Morgan fingerprint density at radius 1 is 1.17 bits per heavy atom. The maximum absolute atomic E-state index is 13.0. The Labute approximate surface area is 135 Å². The number of aryl methyl sites for hydroxylation is 2. The van der Waals surface area contributed by atoms with E-state index >= 15 is 0 Å². The van der Waals surface area contributed by atoms with Gasteiger partial charge in [-0.25, -0.2) is 4.39 Å². The Morgan fingerprint density at radius 3 is 2.61 bits per heavy atom. The van der Waals surface area contributed by atoms with Crippen molar-refractivity contribution >= 4 is 5.91 Å². The van der Waals surface area contributed by atoms with Crippen LogP contribution in [-0.4, -0.2) is 17.6 Å². The van der Waals surface area contributed by atoms with E-state index in [1.165, 1.54) is 35.4 Å². The average molecular weight is 313 g/mol. The van der Waals surface area contributed by atoms with Crippen LogP contribution in [0.15, 0.2) is 42.5 Å². The lowest BCUT2D eigenvalue weighted by atomic mass is 9.96. The lowest BCUT2D eigenvalue weighted by Crippen LogP contribution is -2.38. The van der Waals surface area contributed by atoms with E-state index in [4.69, 9.17) is 0 Å². The second kappa shape index (κ2) is 6.13. The largest absolute Gasteiger partial charge is 0.384 e. The van der Waals surface area contributed by atoms with Crippen LogP contribution >= 0.6 is 0 Å². The summed E-state index contributed by atoms with van der Waals surface area (Å²) in [7, 11) is 0. The molecule has 1 aliphatic rings. The predicted octanol–water partition coefficient (Wildman–Crippen LogP) is 2.95. The fraction of sp³-hybridized carbons (Fsp3) is 0.316. The number of aliphatic hydroxyl groups is 1. The zero-order valence-electron chi connectivity index (χ0n) is 13.1. The van der Waals surface area contributed by atoms with Crippen molar-refractivity contribution in [2.45, 2.75) is 31.8 Å². The zero-order valence-corrected chi connectivity index (χ0v) is 13.1. The van der Waals surface area contributed by atoms with Crippen LogP contribution in [0.1, 0.15) is 40.4 Å². The summed E-state index contributed by atoms with van der Waals surface area (Å²) in [6, 6.07) is 11.4. The highest BCUT2D eigenvalue weighted by Gasteiger charge is 2.24. The van der Waals surface area contributed by atoms with Crippen LogP contribution in [0.3, 0.4) is 0 Å². The van der Waals surface area contributed by atoms with Gasteiger partial charge in [-0.1, -0.05) is 18.2 Å². The van der Waals surface area contributed by atoms with Crippen molar-refractivity contribution in [2.75, 3.05) is 6.54 Å². The van der Waals surface area contributed by atoms with Gasteiger partial charge in [0.25, 0.3) is 5.91 Å². The Bertz CT molecular complexity index is 723. The molecule has 0 aliphatic heterocycles. The molecule has 4 heteroatoms. The maximum atomic E-state index is 13.0. The fourth-order valence-corrected chi connectivity index (χ4v) is 2.98. The summed E-state index contributed by atoms with van der Waals surface area (Å²) in [5.41, 5.74) is 2.48. The normalized spacial score (nSPS) is 15.8. The molecule has 0 spiro atoms. The third kappa shape index (κ3) is 3.42. The van der Waals surface area contributed by atoms with Gasteiger partial charge in [0.15, 0.2) is 0 Å². The van der Waals surface area contributed by atoms with E-state index in [0.717, 1.165) is 19.3 Å². The first-order chi connectivity index (χ1) is 11.0. The molecule has 1 atom stereocenters. The van der Waals surface area contributed by atoms with E-state index in [0.29, 0.717) is 11.1 Å². The summed E-state index contributed by atoms with van der Waals surface area (Å²) in [5, 5.41) is 13.3. The third-order valence-corrected chi connectivity index (χ3v) is 4.42. The van der Waals surface area contributed by atoms with Gasteiger partial charge in [-0.3, -0.25) is 4.79 Å². The van der Waals surface area contributed by atoms with Crippen LogP contribution in [0.5, 0.6) is 0 Å². The van der Waals surface area contributed by atoms with Crippen molar-refractivity contribution < 1.29 is 14.3 Å².